The Morgan fingerprint density at radius 1 is 1.13 bits per heavy atom. The Balaban J connectivity index is 1.50. The number of piperazine rings is 1. The molecule has 0 amide bonds. The van der Waals surface area contributed by atoms with Gasteiger partial charge in [-0.2, -0.15) is 0 Å². The first-order chi connectivity index (χ1) is 15.0. The molecule has 1 saturated heterocycles. The summed E-state index contributed by atoms with van der Waals surface area (Å²) in [6, 6.07) is 7.34. The van der Waals surface area contributed by atoms with Gasteiger partial charge in [-0.3, -0.25) is 4.40 Å². The summed E-state index contributed by atoms with van der Waals surface area (Å²) < 4.78 is 13.8. The van der Waals surface area contributed by atoms with Crippen LogP contribution in [0, 0.1) is 0 Å². The number of hydrogen-bond donors (Lipinski definition) is 1. The number of hydrogen-bond acceptors (Lipinski definition) is 6. The van der Waals surface area contributed by atoms with Gasteiger partial charge in [0.2, 0.25) is 5.78 Å². The first-order valence-corrected chi connectivity index (χ1v) is 11.0. The third kappa shape index (κ3) is 4.39. The predicted molar refractivity (Wildman–Crippen MR) is 123 cm³/mol. The lowest BCUT2D eigenvalue weighted by Crippen LogP contribution is -2.54. The molecule has 31 heavy (non-hydrogen) atoms. The van der Waals surface area contributed by atoms with Gasteiger partial charge in [0.1, 0.15) is 12.4 Å². The monoisotopic (exact) mass is 439 g/mol. The van der Waals surface area contributed by atoms with Gasteiger partial charge < -0.3 is 19.7 Å². The molecule has 0 spiro atoms. The van der Waals surface area contributed by atoms with Gasteiger partial charge in [-0.25, -0.2) is 9.97 Å². The van der Waals surface area contributed by atoms with Crippen LogP contribution in [-0.4, -0.2) is 59.4 Å². The Kier molecular flexibility index (Phi) is 5.56. The van der Waals surface area contributed by atoms with Crippen LogP contribution in [0.5, 0.6) is 5.75 Å². The van der Waals surface area contributed by atoms with E-state index in [-0.39, 0.29) is 0 Å². The molecule has 0 aliphatic carbocycles. The van der Waals surface area contributed by atoms with Crippen LogP contribution in [0.25, 0.3) is 17.4 Å². The number of rotatable bonds is 2. The average Bonchev–Trinajstić information content (AvgIpc) is 3.18. The Hall–Kier alpha value is -2.61. The molecule has 162 valence electrons. The van der Waals surface area contributed by atoms with Gasteiger partial charge in [0.25, 0.3) is 0 Å². The highest BCUT2D eigenvalue weighted by Gasteiger charge is 2.22. The van der Waals surface area contributed by atoms with Crippen LogP contribution in [0.3, 0.4) is 0 Å². The number of nitrogens with zero attached hydrogens (tertiary/aromatic N) is 4. The third-order valence-corrected chi connectivity index (χ3v) is 5.80. The molecular weight excluding hydrogens is 414 g/mol. The maximum atomic E-state index is 6.09. The van der Waals surface area contributed by atoms with Crippen molar-refractivity contribution in [3.63, 3.8) is 0 Å². The summed E-state index contributed by atoms with van der Waals surface area (Å²) in [5.74, 6) is 1.47. The van der Waals surface area contributed by atoms with Crippen LogP contribution in [0.2, 0.25) is 5.02 Å². The van der Waals surface area contributed by atoms with Crippen molar-refractivity contribution >= 4 is 34.7 Å². The number of nitrogens with one attached hydrogen (secondary N) is 1. The normalized spacial score (nSPS) is 22.2. The lowest BCUT2D eigenvalue weighted by Gasteiger charge is -2.37. The maximum Gasteiger partial charge on any atom is 0.234 e. The van der Waals surface area contributed by atoms with Gasteiger partial charge in [0, 0.05) is 60.5 Å². The minimum absolute atomic E-state index is 0.451. The summed E-state index contributed by atoms with van der Waals surface area (Å²) in [6.45, 7) is 7.87. The van der Waals surface area contributed by atoms with Crippen LogP contribution in [0.1, 0.15) is 25.1 Å². The molecule has 4 heterocycles. The largest absolute Gasteiger partial charge is 0.490 e. The highest BCUT2D eigenvalue weighted by Crippen LogP contribution is 2.31. The lowest BCUT2D eigenvalue weighted by atomic mass is 10.1. The van der Waals surface area contributed by atoms with Crippen molar-refractivity contribution in [2.75, 3.05) is 37.8 Å². The first-order valence-electron chi connectivity index (χ1n) is 10.6. The van der Waals surface area contributed by atoms with E-state index in [1.54, 1.807) is 12.4 Å². The molecule has 2 aliphatic heterocycles. The summed E-state index contributed by atoms with van der Waals surface area (Å²) in [4.78, 5) is 11.4. The van der Waals surface area contributed by atoms with Crippen LogP contribution < -0.4 is 15.0 Å². The first kappa shape index (κ1) is 20.3. The molecule has 0 radical (unpaired) electrons. The van der Waals surface area contributed by atoms with E-state index in [2.05, 4.69) is 58.3 Å². The van der Waals surface area contributed by atoms with E-state index in [0.717, 1.165) is 35.7 Å². The number of ether oxygens (including phenoxy) is 2. The van der Waals surface area contributed by atoms with E-state index < -0.39 is 0 Å². The number of fused-ring (bicyclic) bond motifs is 2. The fourth-order valence-corrected chi connectivity index (χ4v) is 4.44. The minimum atomic E-state index is 0.451. The van der Waals surface area contributed by atoms with E-state index in [0.29, 0.717) is 42.7 Å². The van der Waals surface area contributed by atoms with E-state index in [1.807, 2.05) is 10.6 Å². The number of benzene rings is 1. The molecule has 2 atom stereocenters. The molecule has 0 bridgehead atoms. The quantitative estimate of drug-likeness (QED) is 0.659. The number of anilines is 1. The van der Waals surface area contributed by atoms with Crippen LogP contribution in [-0.2, 0) is 4.74 Å². The van der Waals surface area contributed by atoms with Crippen LogP contribution in [0.15, 0.2) is 36.8 Å². The predicted octanol–water partition coefficient (Wildman–Crippen LogP) is 3.52. The fraction of sp³-hybridized carbons (Fsp3) is 0.391. The van der Waals surface area contributed by atoms with Crippen LogP contribution in [0.4, 0.5) is 5.69 Å². The fourth-order valence-electron chi connectivity index (χ4n) is 4.29. The topological polar surface area (TPSA) is 63.9 Å². The Morgan fingerprint density at radius 2 is 1.97 bits per heavy atom. The van der Waals surface area contributed by atoms with Crippen molar-refractivity contribution in [1.29, 1.82) is 0 Å². The van der Waals surface area contributed by atoms with Gasteiger partial charge in [0.15, 0.2) is 0 Å². The zero-order chi connectivity index (χ0) is 21.4. The number of imidazole rings is 1. The second kappa shape index (κ2) is 8.49. The standard InChI is InChI=1S/C23H26ClN5O2/c1-15-10-28(11-16(2)26-15)20-4-3-17-7-18(14-30-5-6-31-22(17)8-20)21-13-29-12-19(24)9-25-23(29)27-21/h3-4,7-9,12-13,15-16,26H,5-6,10-11,14H2,1-2H3/t15-,16+. The van der Waals surface area contributed by atoms with Gasteiger partial charge in [-0.05, 0) is 32.1 Å². The Morgan fingerprint density at radius 3 is 2.81 bits per heavy atom. The van der Waals surface area contributed by atoms with E-state index in [9.17, 15) is 0 Å². The highest BCUT2D eigenvalue weighted by molar-refractivity contribution is 6.30. The summed E-state index contributed by atoms with van der Waals surface area (Å²) in [7, 11) is 0. The van der Waals surface area contributed by atoms with E-state index >= 15 is 0 Å². The number of halogens is 1. The molecule has 8 heteroatoms. The van der Waals surface area contributed by atoms with Gasteiger partial charge in [-0.1, -0.05) is 11.6 Å². The molecule has 3 aromatic rings. The molecule has 2 aliphatic rings. The van der Waals surface area contributed by atoms with Crippen molar-refractivity contribution in [3.8, 4) is 5.75 Å². The zero-order valence-corrected chi connectivity index (χ0v) is 18.5. The summed E-state index contributed by atoms with van der Waals surface area (Å²) in [5.41, 5.74) is 3.99. The van der Waals surface area contributed by atoms with Crippen molar-refractivity contribution in [2.24, 2.45) is 0 Å². The van der Waals surface area contributed by atoms with Crippen molar-refractivity contribution in [3.05, 3.63) is 53.1 Å². The second-order valence-electron chi connectivity index (χ2n) is 8.27. The van der Waals surface area contributed by atoms with Crippen molar-refractivity contribution in [2.45, 2.75) is 25.9 Å². The summed E-state index contributed by atoms with van der Waals surface area (Å²) in [6.07, 6.45) is 7.43. The Bertz CT molecular complexity index is 1120. The van der Waals surface area contributed by atoms with Crippen molar-refractivity contribution in [1.82, 2.24) is 19.7 Å². The molecule has 7 nitrogen and oxygen atoms in total. The van der Waals surface area contributed by atoms with Gasteiger partial charge in [-0.15, -0.1) is 0 Å². The molecular formula is C23H26ClN5O2. The minimum Gasteiger partial charge on any atom is -0.490 e. The third-order valence-electron chi connectivity index (χ3n) is 5.60. The van der Waals surface area contributed by atoms with Gasteiger partial charge >= 0.3 is 0 Å². The summed E-state index contributed by atoms with van der Waals surface area (Å²) >= 11 is 6.07. The number of aromatic nitrogens is 3. The van der Waals surface area contributed by atoms with Gasteiger partial charge in [0.05, 0.1) is 30.1 Å². The zero-order valence-electron chi connectivity index (χ0n) is 17.7. The van der Waals surface area contributed by atoms with E-state index in [1.165, 1.54) is 5.69 Å². The molecule has 5 rings (SSSR count). The molecule has 1 fully saturated rings. The smallest absolute Gasteiger partial charge is 0.234 e. The lowest BCUT2D eigenvalue weighted by molar-refractivity contribution is 0.125. The maximum absolute atomic E-state index is 6.09. The SMILES string of the molecule is C[C@@H]1CN(c2ccc3c(c2)OCCOCC(c2cn4cc(Cl)cnc4n2)=C3)C[C@H](C)N1. The molecule has 1 aromatic carbocycles. The van der Waals surface area contributed by atoms with E-state index in [4.69, 9.17) is 21.1 Å². The average molecular weight is 440 g/mol. The summed E-state index contributed by atoms with van der Waals surface area (Å²) in [5, 5.41) is 4.15. The van der Waals surface area contributed by atoms with Crippen LogP contribution >= 0.6 is 11.6 Å². The highest BCUT2D eigenvalue weighted by atomic mass is 35.5. The molecule has 1 N–H and O–H groups in total. The Labute approximate surface area is 186 Å². The second-order valence-corrected chi connectivity index (χ2v) is 8.71. The van der Waals surface area contributed by atoms with Crippen molar-refractivity contribution < 1.29 is 9.47 Å². The molecule has 2 aromatic heterocycles. The molecule has 0 saturated carbocycles. The molecule has 0 unspecified atom stereocenters.